The molecule has 2 atom stereocenters. The Hall–Kier alpha value is -3.51. The van der Waals surface area contributed by atoms with Gasteiger partial charge < -0.3 is 9.47 Å². The molecule has 36 heavy (non-hydrogen) atoms. The number of hydrogen-bond donors (Lipinski definition) is 0. The number of halogens is 7. The molecule has 0 amide bonds. The normalized spacial score (nSPS) is 18.1. The third-order valence-corrected chi connectivity index (χ3v) is 5.93. The molecule has 1 heterocycles. The monoisotopic (exact) mass is 508 g/mol. The molecule has 3 aromatic rings. The predicted octanol–water partition coefficient (Wildman–Crippen LogP) is 7.50. The van der Waals surface area contributed by atoms with Crippen LogP contribution in [0.1, 0.15) is 35.6 Å². The molecule has 4 rings (SSSR count). The minimum Gasteiger partial charge on any atom is -0.399 e. The molecule has 9 heteroatoms. The van der Waals surface area contributed by atoms with Crippen molar-refractivity contribution in [2.24, 2.45) is 5.92 Å². The Morgan fingerprint density at radius 3 is 1.97 bits per heavy atom. The van der Waals surface area contributed by atoms with Crippen molar-refractivity contribution in [3.63, 3.8) is 0 Å². The summed E-state index contributed by atoms with van der Waals surface area (Å²) >= 11 is 0. The van der Waals surface area contributed by atoms with E-state index in [0.29, 0.717) is 24.3 Å². The molecular formula is C27H19F7O2. The highest BCUT2D eigenvalue weighted by atomic mass is 19.4. The summed E-state index contributed by atoms with van der Waals surface area (Å²) in [6.07, 6.45) is 1.01. The topological polar surface area (TPSA) is 18.5 Å². The van der Waals surface area contributed by atoms with E-state index in [1.807, 2.05) is 0 Å². The third-order valence-electron chi connectivity index (χ3n) is 5.93. The van der Waals surface area contributed by atoms with Gasteiger partial charge in [-0.3, -0.25) is 0 Å². The summed E-state index contributed by atoms with van der Waals surface area (Å²) in [6.45, 7) is 0.465. The fraction of sp³-hybridized carbons (Fsp3) is 0.259. The Bertz CT molecular complexity index is 1240. The molecule has 0 spiro atoms. The molecule has 0 bridgehead atoms. The molecule has 1 fully saturated rings. The van der Waals surface area contributed by atoms with Gasteiger partial charge >= 0.3 is 6.36 Å². The van der Waals surface area contributed by atoms with Crippen molar-refractivity contribution in [3.8, 4) is 29.2 Å². The van der Waals surface area contributed by atoms with Crippen molar-refractivity contribution in [2.75, 3.05) is 6.61 Å². The average molecular weight is 508 g/mol. The second-order valence-corrected chi connectivity index (χ2v) is 8.42. The molecule has 0 aromatic heterocycles. The number of rotatable bonds is 5. The lowest BCUT2D eigenvalue weighted by Gasteiger charge is -2.26. The second-order valence-electron chi connectivity index (χ2n) is 8.42. The van der Waals surface area contributed by atoms with Crippen LogP contribution in [0.5, 0.6) is 5.75 Å². The van der Waals surface area contributed by atoms with E-state index in [2.05, 4.69) is 10.7 Å². The molecule has 0 N–H and O–H groups in total. The van der Waals surface area contributed by atoms with Gasteiger partial charge in [0, 0.05) is 17.9 Å². The molecule has 2 unspecified atom stereocenters. The van der Waals surface area contributed by atoms with Crippen LogP contribution in [-0.4, -0.2) is 13.0 Å². The lowest BCUT2D eigenvalue weighted by molar-refractivity contribution is -0.276. The van der Waals surface area contributed by atoms with Gasteiger partial charge in [-0.2, -0.15) is 0 Å². The zero-order valence-corrected chi connectivity index (χ0v) is 18.6. The van der Waals surface area contributed by atoms with Crippen LogP contribution in [0, 0.1) is 41.5 Å². The fourth-order valence-corrected chi connectivity index (χ4v) is 4.11. The van der Waals surface area contributed by atoms with Gasteiger partial charge in [0.25, 0.3) is 0 Å². The minimum absolute atomic E-state index is 0.0872. The van der Waals surface area contributed by atoms with Crippen molar-refractivity contribution < 1.29 is 40.2 Å². The standard InChI is InChI=1S/C27H19F7O2/c1-2-15-3-8-25(35-14-15)18-6-4-17(5-7-18)19-12-21(28)20(22(29)13-19)9-16-10-23(30)26(24(31)11-16)36-27(32,33)34/h1,4-7,10-13,15,25H,3,8-9,14H2. The van der Waals surface area contributed by atoms with Gasteiger partial charge in [0.05, 0.1) is 12.7 Å². The third kappa shape index (κ3) is 5.82. The number of ether oxygens (including phenoxy) is 2. The molecule has 3 aromatic carbocycles. The first-order valence-electron chi connectivity index (χ1n) is 10.9. The van der Waals surface area contributed by atoms with Crippen LogP contribution in [0.15, 0.2) is 48.5 Å². The van der Waals surface area contributed by atoms with Crippen molar-refractivity contribution in [1.29, 1.82) is 0 Å². The van der Waals surface area contributed by atoms with E-state index in [0.717, 1.165) is 30.5 Å². The maximum atomic E-state index is 14.8. The first kappa shape index (κ1) is 25.6. The van der Waals surface area contributed by atoms with Crippen LogP contribution in [-0.2, 0) is 11.2 Å². The summed E-state index contributed by atoms with van der Waals surface area (Å²) in [5.41, 5.74) is 0.926. The maximum Gasteiger partial charge on any atom is 0.573 e. The van der Waals surface area contributed by atoms with Crippen molar-refractivity contribution in [3.05, 3.63) is 88.5 Å². The lowest BCUT2D eigenvalue weighted by Crippen LogP contribution is -2.19. The van der Waals surface area contributed by atoms with Crippen LogP contribution >= 0.6 is 0 Å². The molecule has 0 radical (unpaired) electrons. The molecule has 0 saturated carbocycles. The summed E-state index contributed by atoms with van der Waals surface area (Å²) in [6, 6.07) is 10.2. The van der Waals surface area contributed by atoms with Gasteiger partial charge in [-0.05, 0) is 59.4 Å². The summed E-state index contributed by atoms with van der Waals surface area (Å²) < 4.78 is 104. The maximum absolute atomic E-state index is 14.8. The first-order valence-corrected chi connectivity index (χ1v) is 10.9. The fourth-order valence-electron chi connectivity index (χ4n) is 4.11. The van der Waals surface area contributed by atoms with E-state index in [-0.39, 0.29) is 23.1 Å². The van der Waals surface area contributed by atoms with E-state index >= 15 is 0 Å². The quantitative estimate of drug-likeness (QED) is 0.263. The number of hydrogen-bond acceptors (Lipinski definition) is 2. The Balaban J connectivity index is 1.52. The zero-order chi connectivity index (χ0) is 26.0. The van der Waals surface area contributed by atoms with Crippen molar-refractivity contribution in [1.82, 2.24) is 0 Å². The number of terminal acetylenes is 1. The van der Waals surface area contributed by atoms with Crippen molar-refractivity contribution in [2.45, 2.75) is 31.7 Å². The summed E-state index contributed by atoms with van der Waals surface area (Å²) in [4.78, 5) is 0. The molecule has 1 aliphatic heterocycles. The van der Waals surface area contributed by atoms with Crippen LogP contribution in [0.25, 0.3) is 11.1 Å². The molecule has 1 aliphatic rings. The van der Waals surface area contributed by atoms with Gasteiger partial charge in [0.1, 0.15) is 11.6 Å². The van der Waals surface area contributed by atoms with Gasteiger partial charge in [0.15, 0.2) is 11.6 Å². The van der Waals surface area contributed by atoms with Crippen LogP contribution < -0.4 is 4.74 Å². The van der Waals surface area contributed by atoms with E-state index in [4.69, 9.17) is 11.2 Å². The van der Waals surface area contributed by atoms with Gasteiger partial charge in [0.2, 0.25) is 5.75 Å². The van der Waals surface area contributed by atoms with Gasteiger partial charge in [-0.15, -0.1) is 25.5 Å². The predicted molar refractivity (Wildman–Crippen MR) is 118 cm³/mol. The molecule has 1 saturated heterocycles. The van der Waals surface area contributed by atoms with Gasteiger partial charge in [-0.1, -0.05) is 24.3 Å². The van der Waals surface area contributed by atoms with Gasteiger partial charge in [-0.25, -0.2) is 17.6 Å². The number of alkyl halides is 3. The summed E-state index contributed by atoms with van der Waals surface area (Å²) in [7, 11) is 0. The van der Waals surface area contributed by atoms with Crippen molar-refractivity contribution >= 4 is 0 Å². The Labute approximate surface area is 202 Å². The Morgan fingerprint density at radius 1 is 0.861 bits per heavy atom. The smallest absolute Gasteiger partial charge is 0.399 e. The average Bonchev–Trinajstić information content (AvgIpc) is 2.83. The van der Waals surface area contributed by atoms with E-state index in [1.54, 1.807) is 24.3 Å². The summed E-state index contributed by atoms with van der Waals surface area (Å²) in [5.74, 6) is -4.10. The zero-order valence-electron chi connectivity index (χ0n) is 18.6. The highest BCUT2D eigenvalue weighted by Crippen LogP contribution is 2.34. The first-order chi connectivity index (χ1) is 17.0. The van der Waals surface area contributed by atoms with Crippen LogP contribution in [0.4, 0.5) is 30.7 Å². The van der Waals surface area contributed by atoms with E-state index < -0.39 is 47.4 Å². The van der Waals surface area contributed by atoms with Crippen LogP contribution in [0.2, 0.25) is 0 Å². The van der Waals surface area contributed by atoms with Crippen LogP contribution in [0.3, 0.4) is 0 Å². The van der Waals surface area contributed by atoms with E-state index in [1.165, 1.54) is 0 Å². The molecule has 2 nitrogen and oxygen atoms in total. The molecular weight excluding hydrogens is 489 g/mol. The largest absolute Gasteiger partial charge is 0.573 e. The Kier molecular flexibility index (Phi) is 7.27. The summed E-state index contributed by atoms with van der Waals surface area (Å²) in [5, 5.41) is 0. The van der Waals surface area contributed by atoms with E-state index in [9.17, 15) is 30.7 Å². The SMILES string of the molecule is C#CC1CCC(c2ccc(-c3cc(F)c(Cc4cc(F)c(OC(F)(F)F)c(F)c4)c(F)c3)cc2)OC1. The molecule has 0 aliphatic carbocycles. The molecule has 188 valence electrons. The Morgan fingerprint density at radius 2 is 1.47 bits per heavy atom. The second kappa shape index (κ2) is 10.2. The highest BCUT2D eigenvalue weighted by molar-refractivity contribution is 5.64. The minimum atomic E-state index is -5.30. The highest BCUT2D eigenvalue weighted by Gasteiger charge is 2.34. The lowest BCUT2D eigenvalue weighted by atomic mass is 9.93. The number of benzene rings is 3.